The summed E-state index contributed by atoms with van der Waals surface area (Å²) < 4.78 is 0. The molecule has 47 heavy (non-hydrogen) atoms. The number of aromatic nitrogens is 3. The van der Waals surface area contributed by atoms with Gasteiger partial charge in [-0.05, 0) is 57.6 Å². The molecular formula is C43H26N4. The van der Waals surface area contributed by atoms with Crippen molar-refractivity contribution in [3.05, 3.63) is 158 Å². The second-order valence-electron chi connectivity index (χ2n) is 12.1. The zero-order valence-electron chi connectivity index (χ0n) is 25.3. The first-order chi connectivity index (χ1) is 23.3. The average Bonchev–Trinajstić information content (AvgIpc) is 3.14. The van der Waals surface area contributed by atoms with Crippen LogP contribution in [-0.2, 0) is 0 Å². The molecule has 0 aliphatic carbocycles. The van der Waals surface area contributed by atoms with Gasteiger partial charge in [0.15, 0.2) is 0 Å². The summed E-state index contributed by atoms with van der Waals surface area (Å²) in [5.41, 5.74) is 10.7. The van der Waals surface area contributed by atoms with E-state index in [0.717, 1.165) is 55.6 Å². The van der Waals surface area contributed by atoms with Gasteiger partial charge in [-0.25, -0.2) is 9.97 Å². The van der Waals surface area contributed by atoms with Gasteiger partial charge in [-0.15, -0.1) is 0 Å². The van der Waals surface area contributed by atoms with E-state index in [1.54, 1.807) is 0 Å². The maximum Gasteiger partial charge on any atom is 0.235 e. The highest BCUT2D eigenvalue weighted by atomic mass is 15.3. The second-order valence-corrected chi connectivity index (χ2v) is 12.1. The van der Waals surface area contributed by atoms with E-state index in [1.165, 1.54) is 32.7 Å². The van der Waals surface area contributed by atoms with Gasteiger partial charge in [0.2, 0.25) is 5.95 Å². The van der Waals surface area contributed by atoms with E-state index in [9.17, 15) is 0 Å². The Kier molecular flexibility index (Phi) is 5.54. The van der Waals surface area contributed by atoms with E-state index in [-0.39, 0.29) is 0 Å². The van der Waals surface area contributed by atoms with Gasteiger partial charge in [0.25, 0.3) is 0 Å². The van der Waals surface area contributed by atoms with Gasteiger partial charge in [-0.1, -0.05) is 121 Å². The lowest BCUT2D eigenvalue weighted by Crippen LogP contribution is -2.18. The SMILES string of the molecule is c1ccc2cc3c(cc2c1)-c1cccc2cccc(c12)N3c1nc(-c2ccc(-c3cccc4cccnc34)cc2)c2ccccc2n1. The Labute approximate surface area is 271 Å². The molecule has 218 valence electrons. The third-order valence-corrected chi connectivity index (χ3v) is 9.41. The summed E-state index contributed by atoms with van der Waals surface area (Å²) in [6.45, 7) is 0. The van der Waals surface area contributed by atoms with Gasteiger partial charge in [-0.3, -0.25) is 9.88 Å². The molecule has 0 amide bonds. The van der Waals surface area contributed by atoms with Gasteiger partial charge in [0.05, 0.1) is 28.1 Å². The van der Waals surface area contributed by atoms with E-state index in [2.05, 4.69) is 149 Å². The molecule has 10 rings (SSSR count). The molecule has 0 radical (unpaired) electrons. The van der Waals surface area contributed by atoms with Crippen LogP contribution in [-0.4, -0.2) is 15.0 Å². The largest absolute Gasteiger partial charge is 0.278 e. The van der Waals surface area contributed by atoms with Gasteiger partial charge in [-0.2, -0.15) is 0 Å². The van der Waals surface area contributed by atoms with Gasteiger partial charge < -0.3 is 0 Å². The van der Waals surface area contributed by atoms with Crippen LogP contribution >= 0.6 is 0 Å². The highest BCUT2D eigenvalue weighted by Crippen LogP contribution is 2.51. The van der Waals surface area contributed by atoms with Crippen LogP contribution < -0.4 is 4.90 Å². The fraction of sp³-hybridized carbons (Fsp3) is 0. The molecule has 9 aromatic rings. The Hall–Kier alpha value is -6.39. The number of para-hydroxylation sites is 2. The lowest BCUT2D eigenvalue weighted by Gasteiger charge is -2.32. The van der Waals surface area contributed by atoms with Crippen molar-refractivity contribution in [3.63, 3.8) is 0 Å². The Morgan fingerprint density at radius 1 is 0.447 bits per heavy atom. The summed E-state index contributed by atoms with van der Waals surface area (Å²) in [6.07, 6.45) is 1.86. The molecule has 1 aliphatic heterocycles. The summed E-state index contributed by atoms with van der Waals surface area (Å²) in [5, 5.41) is 6.95. The minimum Gasteiger partial charge on any atom is -0.278 e. The standard InChI is InChI=1S/C43H26N4/c1-2-10-32-26-39-36(25-31(32)9-1)34-17-5-11-28-12-7-19-38(40(28)34)47(39)43-45-37-18-4-3-15-35(37)42(46-43)30-22-20-27(21-23-30)33-16-6-13-29-14-8-24-44-41(29)33/h1-26H. The highest BCUT2D eigenvalue weighted by molar-refractivity contribution is 6.15. The maximum atomic E-state index is 5.39. The lowest BCUT2D eigenvalue weighted by atomic mass is 9.89. The van der Waals surface area contributed by atoms with Crippen molar-refractivity contribution in [1.82, 2.24) is 15.0 Å². The molecular weight excluding hydrogens is 573 g/mol. The minimum atomic E-state index is 0.652. The van der Waals surface area contributed by atoms with Crippen LogP contribution in [0, 0.1) is 0 Å². The second kappa shape index (κ2) is 10.1. The molecule has 0 spiro atoms. The van der Waals surface area contributed by atoms with Crippen LogP contribution in [0.15, 0.2) is 158 Å². The third kappa shape index (κ3) is 3.98. The van der Waals surface area contributed by atoms with Crippen molar-refractivity contribution in [2.24, 2.45) is 0 Å². The molecule has 0 saturated heterocycles. The first-order valence-corrected chi connectivity index (χ1v) is 15.9. The van der Waals surface area contributed by atoms with Crippen molar-refractivity contribution < 1.29 is 0 Å². The predicted molar refractivity (Wildman–Crippen MR) is 194 cm³/mol. The Morgan fingerprint density at radius 3 is 2.00 bits per heavy atom. The molecule has 0 atom stereocenters. The van der Waals surface area contributed by atoms with Crippen LogP contribution in [0.25, 0.3) is 76.9 Å². The fourth-order valence-electron chi connectivity index (χ4n) is 7.24. The molecule has 4 nitrogen and oxygen atoms in total. The number of fused-ring (bicyclic) bond motifs is 5. The monoisotopic (exact) mass is 598 g/mol. The van der Waals surface area contributed by atoms with E-state index < -0.39 is 0 Å². The average molecular weight is 599 g/mol. The molecule has 4 heteroatoms. The number of nitrogens with zero attached hydrogens (tertiary/aromatic N) is 4. The van der Waals surface area contributed by atoms with Gasteiger partial charge >= 0.3 is 0 Å². The fourth-order valence-corrected chi connectivity index (χ4v) is 7.24. The van der Waals surface area contributed by atoms with Crippen molar-refractivity contribution in [2.75, 3.05) is 4.90 Å². The number of rotatable bonds is 3. The summed E-state index contributed by atoms with van der Waals surface area (Å²) in [4.78, 5) is 17.6. The Morgan fingerprint density at radius 2 is 1.13 bits per heavy atom. The zero-order chi connectivity index (χ0) is 30.9. The van der Waals surface area contributed by atoms with Crippen molar-refractivity contribution >= 4 is 60.7 Å². The molecule has 0 saturated carbocycles. The van der Waals surface area contributed by atoms with Crippen LogP contribution in [0.5, 0.6) is 0 Å². The lowest BCUT2D eigenvalue weighted by molar-refractivity contribution is 1.11. The number of hydrogen-bond donors (Lipinski definition) is 0. The molecule has 0 fully saturated rings. The molecule has 1 aliphatic rings. The van der Waals surface area contributed by atoms with Gasteiger partial charge in [0, 0.05) is 39.0 Å². The van der Waals surface area contributed by atoms with Crippen LogP contribution in [0.3, 0.4) is 0 Å². The normalized spacial score (nSPS) is 12.2. The zero-order valence-corrected chi connectivity index (χ0v) is 25.3. The van der Waals surface area contributed by atoms with Crippen molar-refractivity contribution in [2.45, 2.75) is 0 Å². The highest BCUT2D eigenvalue weighted by Gasteiger charge is 2.29. The smallest absolute Gasteiger partial charge is 0.235 e. The van der Waals surface area contributed by atoms with Crippen molar-refractivity contribution in [1.29, 1.82) is 0 Å². The number of hydrogen-bond acceptors (Lipinski definition) is 4. The van der Waals surface area contributed by atoms with E-state index >= 15 is 0 Å². The molecule has 3 heterocycles. The van der Waals surface area contributed by atoms with E-state index in [1.807, 2.05) is 18.3 Å². The van der Waals surface area contributed by atoms with E-state index in [4.69, 9.17) is 9.97 Å². The number of benzene rings is 7. The summed E-state index contributed by atoms with van der Waals surface area (Å²) in [5.74, 6) is 0.652. The molecule has 0 bridgehead atoms. The quantitative estimate of drug-likeness (QED) is 0.203. The van der Waals surface area contributed by atoms with Gasteiger partial charge in [0.1, 0.15) is 0 Å². The maximum absolute atomic E-state index is 5.39. The van der Waals surface area contributed by atoms with Crippen LogP contribution in [0.4, 0.5) is 17.3 Å². The molecule has 7 aromatic carbocycles. The predicted octanol–water partition coefficient (Wildman–Crippen LogP) is 11.3. The first kappa shape index (κ1) is 25.9. The van der Waals surface area contributed by atoms with E-state index in [0.29, 0.717) is 5.95 Å². The summed E-state index contributed by atoms with van der Waals surface area (Å²) in [7, 11) is 0. The molecule has 2 aromatic heterocycles. The Bertz CT molecular complexity index is 2680. The first-order valence-electron chi connectivity index (χ1n) is 15.9. The summed E-state index contributed by atoms with van der Waals surface area (Å²) in [6, 6.07) is 53.6. The molecule has 0 N–H and O–H groups in total. The molecule has 0 unspecified atom stereocenters. The summed E-state index contributed by atoms with van der Waals surface area (Å²) >= 11 is 0. The number of anilines is 3. The third-order valence-electron chi connectivity index (χ3n) is 9.41. The van der Waals surface area contributed by atoms with Crippen molar-refractivity contribution in [3.8, 4) is 33.5 Å². The van der Waals surface area contributed by atoms with Crippen LogP contribution in [0.2, 0.25) is 0 Å². The topological polar surface area (TPSA) is 41.9 Å². The number of pyridine rings is 1. The van der Waals surface area contributed by atoms with Crippen LogP contribution in [0.1, 0.15) is 0 Å². The minimum absolute atomic E-state index is 0.652. The Balaban J connectivity index is 1.20.